The van der Waals surface area contributed by atoms with Gasteiger partial charge < -0.3 is 14.3 Å². The lowest BCUT2D eigenvalue weighted by atomic mass is 10.1. The van der Waals surface area contributed by atoms with E-state index >= 15 is 0 Å². The Bertz CT molecular complexity index is 1490. The third kappa shape index (κ3) is 5.71. The van der Waals surface area contributed by atoms with E-state index in [0.29, 0.717) is 17.2 Å². The molecule has 1 amide bonds. The zero-order chi connectivity index (χ0) is 24.9. The van der Waals surface area contributed by atoms with Gasteiger partial charge in [0, 0.05) is 24.9 Å². The number of carbonyl (C=O) groups excluding carboxylic acids is 1. The van der Waals surface area contributed by atoms with Crippen LogP contribution < -0.4 is 5.32 Å². The molecule has 0 unspecified atom stereocenters. The smallest absolute Gasteiger partial charge is 0.291 e. The lowest BCUT2D eigenvalue weighted by Crippen LogP contribution is -2.10. The van der Waals surface area contributed by atoms with Crippen LogP contribution in [0.1, 0.15) is 38.8 Å². The standard InChI is InChI=1S/C30H29N3O2S/c1-21-7-6-10-23(17-21)19-36-20-25-13-15-28(35-25)30(34)31-24-12-14-27-26(18-24)32-29(33(27)2)16-11-22-8-4-3-5-9-22/h3-10,12-15,17-18H,11,16,19-20H2,1-2H3,(H,31,34). The third-order valence-corrected chi connectivity index (χ3v) is 7.22. The van der Waals surface area contributed by atoms with Crippen LogP contribution in [0.25, 0.3) is 11.0 Å². The van der Waals surface area contributed by atoms with Crippen LogP contribution in [0, 0.1) is 6.92 Å². The highest BCUT2D eigenvalue weighted by Gasteiger charge is 2.14. The number of hydrogen-bond acceptors (Lipinski definition) is 4. The summed E-state index contributed by atoms with van der Waals surface area (Å²) in [5.41, 5.74) is 6.46. The quantitative estimate of drug-likeness (QED) is 0.240. The second-order valence-electron chi connectivity index (χ2n) is 8.98. The van der Waals surface area contributed by atoms with Crippen LogP contribution in [0.5, 0.6) is 0 Å². The molecule has 3 aromatic carbocycles. The first kappa shape index (κ1) is 23.9. The third-order valence-electron chi connectivity index (χ3n) is 6.19. The van der Waals surface area contributed by atoms with Crippen molar-refractivity contribution in [2.75, 3.05) is 5.32 Å². The SMILES string of the molecule is Cc1cccc(CSCc2ccc(C(=O)Nc3ccc4c(c3)nc(CCc3ccccc3)n4C)o2)c1. The molecule has 5 aromatic rings. The number of aryl methyl sites for hydroxylation is 4. The molecule has 0 atom stereocenters. The first-order valence-corrected chi connectivity index (χ1v) is 13.2. The summed E-state index contributed by atoms with van der Waals surface area (Å²) in [4.78, 5) is 17.6. The van der Waals surface area contributed by atoms with E-state index in [1.807, 2.05) is 37.4 Å². The minimum absolute atomic E-state index is 0.260. The number of hydrogen-bond donors (Lipinski definition) is 1. The van der Waals surface area contributed by atoms with Crippen molar-refractivity contribution in [3.63, 3.8) is 0 Å². The highest BCUT2D eigenvalue weighted by atomic mass is 32.2. The molecular weight excluding hydrogens is 466 g/mol. The summed E-state index contributed by atoms with van der Waals surface area (Å²) in [6.07, 6.45) is 1.79. The van der Waals surface area contributed by atoms with Gasteiger partial charge in [0.05, 0.1) is 16.8 Å². The van der Waals surface area contributed by atoms with Crippen molar-refractivity contribution >= 4 is 34.4 Å². The minimum atomic E-state index is -0.260. The van der Waals surface area contributed by atoms with Crippen LogP contribution in [-0.4, -0.2) is 15.5 Å². The normalized spacial score (nSPS) is 11.2. The number of anilines is 1. The van der Waals surface area contributed by atoms with Gasteiger partial charge in [-0.05, 0) is 54.8 Å². The Kier molecular flexibility index (Phi) is 7.23. The Morgan fingerprint density at radius 3 is 2.58 bits per heavy atom. The molecule has 0 aliphatic heterocycles. The number of fused-ring (bicyclic) bond motifs is 1. The van der Waals surface area contributed by atoms with Gasteiger partial charge in [-0.3, -0.25) is 4.79 Å². The van der Waals surface area contributed by atoms with Gasteiger partial charge in [-0.1, -0.05) is 60.2 Å². The molecule has 0 aliphatic carbocycles. The van der Waals surface area contributed by atoms with E-state index in [0.717, 1.165) is 41.2 Å². The molecule has 6 heteroatoms. The molecule has 2 aromatic heterocycles. The summed E-state index contributed by atoms with van der Waals surface area (Å²) in [7, 11) is 2.04. The van der Waals surface area contributed by atoms with Crippen LogP contribution >= 0.6 is 11.8 Å². The maximum absolute atomic E-state index is 12.8. The van der Waals surface area contributed by atoms with Crippen molar-refractivity contribution in [2.24, 2.45) is 7.05 Å². The van der Waals surface area contributed by atoms with Crippen LogP contribution in [0.3, 0.4) is 0 Å². The fourth-order valence-corrected chi connectivity index (χ4v) is 5.17. The number of carbonyl (C=O) groups is 1. The summed E-state index contributed by atoms with van der Waals surface area (Å²) in [5, 5.41) is 2.95. The second-order valence-corrected chi connectivity index (χ2v) is 9.96. The number of imidazole rings is 1. The topological polar surface area (TPSA) is 60.1 Å². The summed E-state index contributed by atoms with van der Waals surface area (Å²) in [5.74, 6) is 3.49. The molecule has 5 rings (SSSR count). The van der Waals surface area contributed by atoms with Gasteiger partial charge in [0.2, 0.25) is 0 Å². The summed E-state index contributed by atoms with van der Waals surface area (Å²) >= 11 is 1.77. The maximum atomic E-state index is 12.8. The second kappa shape index (κ2) is 10.9. The van der Waals surface area contributed by atoms with E-state index in [1.165, 1.54) is 16.7 Å². The number of benzene rings is 3. The minimum Gasteiger partial charge on any atom is -0.455 e. The molecule has 36 heavy (non-hydrogen) atoms. The molecule has 0 bridgehead atoms. The van der Waals surface area contributed by atoms with Gasteiger partial charge in [-0.25, -0.2) is 4.98 Å². The van der Waals surface area contributed by atoms with Gasteiger partial charge >= 0.3 is 0 Å². The fourth-order valence-electron chi connectivity index (χ4n) is 4.29. The molecule has 2 heterocycles. The van der Waals surface area contributed by atoms with Gasteiger partial charge in [0.15, 0.2) is 5.76 Å². The Morgan fingerprint density at radius 1 is 0.917 bits per heavy atom. The van der Waals surface area contributed by atoms with Gasteiger partial charge in [-0.2, -0.15) is 0 Å². The molecule has 0 spiro atoms. The van der Waals surface area contributed by atoms with Crippen molar-refractivity contribution < 1.29 is 9.21 Å². The van der Waals surface area contributed by atoms with Gasteiger partial charge in [-0.15, -0.1) is 11.8 Å². The van der Waals surface area contributed by atoms with Crippen molar-refractivity contribution in [2.45, 2.75) is 31.3 Å². The van der Waals surface area contributed by atoms with E-state index in [-0.39, 0.29) is 5.91 Å². The Balaban J connectivity index is 1.19. The summed E-state index contributed by atoms with van der Waals surface area (Å²) < 4.78 is 7.93. The molecule has 0 fully saturated rings. The number of thioether (sulfide) groups is 1. The van der Waals surface area contributed by atoms with Crippen molar-refractivity contribution in [1.29, 1.82) is 0 Å². The number of nitrogens with one attached hydrogen (secondary N) is 1. The highest BCUT2D eigenvalue weighted by Crippen LogP contribution is 2.23. The number of rotatable bonds is 9. The Labute approximate surface area is 215 Å². The van der Waals surface area contributed by atoms with Crippen molar-refractivity contribution in [3.05, 3.63) is 119 Å². The molecule has 1 N–H and O–H groups in total. The first-order chi connectivity index (χ1) is 17.5. The predicted octanol–water partition coefficient (Wildman–Crippen LogP) is 6.95. The van der Waals surface area contributed by atoms with Crippen LogP contribution in [0.4, 0.5) is 5.69 Å². The zero-order valence-electron chi connectivity index (χ0n) is 20.5. The molecule has 5 nitrogen and oxygen atoms in total. The molecule has 182 valence electrons. The summed E-state index contributed by atoms with van der Waals surface area (Å²) in [6.45, 7) is 2.10. The molecule has 0 saturated carbocycles. The monoisotopic (exact) mass is 495 g/mol. The Hall–Kier alpha value is -3.77. The van der Waals surface area contributed by atoms with E-state index in [4.69, 9.17) is 9.40 Å². The summed E-state index contributed by atoms with van der Waals surface area (Å²) in [6, 6.07) is 28.4. The molecule has 0 saturated heterocycles. The molecule has 0 radical (unpaired) electrons. The number of furan rings is 1. The number of amides is 1. The van der Waals surface area contributed by atoms with E-state index in [1.54, 1.807) is 17.8 Å². The maximum Gasteiger partial charge on any atom is 0.291 e. The van der Waals surface area contributed by atoms with E-state index in [9.17, 15) is 4.79 Å². The predicted molar refractivity (Wildman–Crippen MR) is 147 cm³/mol. The Morgan fingerprint density at radius 2 is 1.75 bits per heavy atom. The number of nitrogens with zero attached hydrogens (tertiary/aromatic N) is 2. The molecule has 0 aliphatic rings. The lowest BCUT2D eigenvalue weighted by molar-refractivity contribution is 0.0995. The number of aromatic nitrogens is 2. The van der Waals surface area contributed by atoms with Gasteiger partial charge in [0.25, 0.3) is 5.91 Å². The van der Waals surface area contributed by atoms with E-state index < -0.39 is 0 Å². The average molecular weight is 496 g/mol. The molecular formula is C30H29N3O2S. The van der Waals surface area contributed by atoms with Gasteiger partial charge in [0.1, 0.15) is 11.6 Å². The van der Waals surface area contributed by atoms with Crippen LogP contribution in [-0.2, 0) is 31.4 Å². The van der Waals surface area contributed by atoms with E-state index in [2.05, 4.69) is 65.3 Å². The van der Waals surface area contributed by atoms with Crippen LogP contribution in [0.2, 0.25) is 0 Å². The highest BCUT2D eigenvalue weighted by molar-refractivity contribution is 7.97. The largest absolute Gasteiger partial charge is 0.455 e. The zero-order valence-corrected chi connectivity index (χ0v) is 21.3. The fraction of sp³-hybridized carbons (Fsp3) is 0.200. The lowest BCUT2D eigenvalue weighted by Gasteiger charge is -2.04. The van der Waals surface area contributed by atoms with Crippen molar-refractivity contribution in [3.8, 4) is 0 Å². The first-order valence-electron chi connectivity index (χ1n) is 12.1. The van der Waals surface area contributed by atoms with Crippen LogP contribution in [0.15, 0.2) is 89.3 Å². The average Bonchev–Trinajstić information content (AvgIpc) is 3.48. The van der Waals surface area contributed by atoms with Crippen molar-refractivity contribution in [1.82, 2.24) is 9.55 Å².